The molecule has 1 spiro atoms. The fourth-order valence-electron chi connectivity index (χ4n) is 3.07. The number of ether oxygens (including phenoxy) is 2. The lowest BCUT2D eigenvalue weighted by atomic mass is 9.82. The zero-order valence-corrected chi connectivity index (χ0v) is 10.7. The molecule has 1 aromatic rings. The third-order valence-electron chi connectivity index (χ3n) is 4.17. The van der Waals surface area contributed by atoms with E-state index >= 15 is 0 Å². The molecule has 5 nitrogen and oxygen atoms in total. The summed E-state index contributed by atoms with van der Waals surface area (Å²) in [5, 5.41) is 10.5. The Hall–Kier alpha value is -0.910. The predicted octanol–water partition coefficient (Wildman–Crippen LogP) is 1.04. The van der Waals surface area contributed by atoms with Gasteiger partial charge in [-0.2, -0.15) is 0 Å². The number of hydrogen-bond donors (Lipinski definition) is 1. The molecule has 3 atom stereocenters. The highest BCUT2D eigenvalue weighted by Crippen LogP contribution is 2.40. The highest BCUT2D eigenvalue weighted by atomic mass is 16.6. The molecule has 100 valence electrons. The number of nitrogens with zero attached hydrogens (tertiary/aromatic N) is 2. The summed E-state index contributed by atoms with van der Waals surface area (Å²) in [7, 11) is 1.92. The van der Waals surface area contributed by atoms with E-state index in [0.717, 1.165) is 31.7 Å². The predicted molar refractivity (Wildman–Crippen MR) is 65.0 cm³/mol. The van der Waals surface area contributed by atoms with Crippen molar-refractivity contribution in [2.45, 2.75) is 31.0 Å². The van der Waals surface area contributed by atoms with Crippen molar-refractivity contribution in [3.8, 4) is 0 Å². The minimum atomic E-state index is -0.508. The number of rotatable bonds is 2. The number of aliphatic hydroxyl groups excluding tert-OH is 1. The van der Waals surface area contributed by atoms with Gasteiger partial charge in [-0.25, -0.2) is 4.98 Å². The van der Waals surface area contributed by atoms with Crippen molar-refractivity contribution in [1.82, 2.24) is 9.55 Å². The monoisotopic (exact) mass is 252 g/mol. The maximum Gasteiger partial charge on any atom is 0.137 e. The molecule has 1 N–H and O–H groups in total. The molecule has 0 radical (unpaired) electrons. The van der Waals surface area contributed by atoms with Crippen LogP contribution in [0.3, 0.4) is 0 Å². The molecule has 2 saturated heterocycles. The first kappa shape index (κ1) is 12.1. The van der Waals surface area contributed by atoms with Crippen molar-refractivity contribution in [2.24, 2.45) is 13.0 Å². The lowest BCUT2D eigenvalue weighted by Crippen LogP contribution is -2.42. The molecule has 0 aliphatic carbocycles. The summed E-state index contributed by atoms with van der Waals surface area (Å²) in [6.07, 6.45) is 5.78. The topological polar surface area (TPSA) is 56.5 Å². The largest absolute Gasteiger partial charge is 0.385 e. The van der Waals surface area contributed by atoms with Gasteiger partial charge < -0.3 is 19.1 Å². The minimum Gasteiger partial charge on any atom is -0.385 e. The molecule has 1 aromatic heterocycles. The minimum absolute atomic E-state index is 0.158. The van der Waals surface area contributed by atoms with Crippen molar-refractivity contribution in [3.63, 3.8) is 0 Å². The van der Waals surface area contributed by atoms with Gasteiger partial charge in [-0.1, -0.05) is 0 Å². The van der Waals surface area contributed by atoms with Crippen LogP contribution in [0, 0.1) is 5.92 Å². The van der Waals surface area contributed by atoms with Crippen LogP contribution in [-0.2, 0) is 16.5 Å². The first-order chi connectivity index (χ1) is 8.70. The fourth-order valence-corrected chi connectivity index (χ4v) is 3.07. The third kappa shape index (κ3) is 2.06. The number of hydrogen-bond acceptors (Lipinski definition) is 4. The van der Waals surface area contributed by atoms with E-state index in [1.807, 2.05) is 17.8 Å². The summed E-state index contributed by atoms with van der Waals surface area (Å²) in [4.78, 5) is 4.25. The maximum absolute atomic E-state index is 10.5. The van der Waals surface area contributed by atoms with E-state index in [-0.39, 0.29) is 11.5 Å². The zero-order valence-electron chi connectivity index (χ0n) is 10.7. The van der Waals surface area contributed by atoms with E-state index in [9.17, 15) is 5.11 Å². The molecule has 3 unspecified atom stereocenters. The van der Waals surface area contributed by atoms with E-state index in [1.165, 1.54) is 0 Å². The normalized spacial score (nSPS) is 34.0. The van der Waals surface area contributed by atoms with E-state index in [2.05, 4.69) is 4.98 Å². The van der Waals surface area contributed by atoms with E-state index in [0.29, 0.717) is 13.2 Å². The van der Waals surface area contributed by atoms with Gasteiger partial charge in [-0.3, -0.25) is 0 Å². The molecule has 18 heavy (non-hydrogen) atoms. The van der Waals surface area contributed by atoms with Gasteiger partial charge in [-0.15, -0.1) is 0 Å². The third-order valence-corrected chi connectivity index (χ3v) is 4.17. The van der Waals surface area contributed by atoms with Crippen LogP contribution in [0.25, 0.3) is 0 Å². The molecule has 0 bridgehead atoms. The Labute approximate surface area is 107 Å². The lowest BCUT2D eigenvalue weighted by Gasteiger charge is -2.38. The van der Waals surface area contributed by atoms with Gasteiger partial charge >= 0.3 is 0 Å². The van der Waals surface area contributed by atoms with Crippen molar-refractivity contribution < 1.29 is 14.6 Å². The number of aryl methyl sites for hydroxylation is 1. The molecule has 3 heterocycles. The number of aliphatic hydroxyl groups is 1. The Morgan fingerprint density at radius 3 is 3.11 bits per heavy atom. The molecule has 2 aliphatic heterocycles. The van der Waals surface area contributed by atoms with Gasteiger partial charge in [0.2, 0.25) is 0 Å². The van der Waals surface area contributed by atoms with Gasteiger partial charge in [0.15, 0.2) is 0 Å². The van der Waals surface area contributed by atoms with Gasteiger partial charge in [-0.05, 0) is 18.8 Å². The van der Waals surface area contributed by atoms with Crippen LogP contribution in [0.5, 0.6) is 0 Å². The van der Waals surface area contributed by atoms with Gasteiger partial charge in [0.05, 0.1) is 12.2 Å². The van der Waals surface area contributed by atoms with Crippen LogP contribution < -0.4 is 0 Å². The highest BCUT2D eigenvalue weighted by molar-refractivity contribution is 5.01. The quantitative estimate of drug-likeness (QED) is 0.854. The van der Waals surface area contributed by atoms with E-state index in [4.69, 9.17) is 9.47 Å². The Balaban J connectivity index is 1.74. The first-order valence-corrected chi connectivity index (χ1v) is 6.57. The van der Waals surface area contributed by atoms with Crippen molar-refractivity contribution in [2.75, 3.05) is 19.8 Å². The number of imidazole rings is 1. The van der Waals surface area contributed by atoms with Crippen molar-refractivity contribution in [1.29, 1.82) is 0 Å². The standard InChI is InChI=1S/C13H20N2O3/c1-15-5-4-14-12(15)11(16)10-2-6-18-13(8-10)3-7-17-9-13/h4-5,10-11,16H,2-3,6-9H2,1H3. The molecule has 0 aromatic carbocycles. The SMILES string of the molecule is Cn1ccnc1C(O)C1CCOC2(CCOC2)C1. The number of aromatic nitrogens is 2. The second kappa shape index (κ2) is 4.64. The summed E-state index contributed by atoms with van der Waals surface area (Å²) in [6.45, 7) is 2.14. The Morgan fingerprint density at radius 2 is 2.44 bits per heavy atom. The first-order valence-electron chi connectivity index (χ1n) is 6.57. The van der Waals surface area contributed by atoms with Gasteiger partial charge in [0.25, 0.3) is 0 Å². The maximum atomic E-state index is 10.5. The Kier molecular flexibility index (Phi) is 3.13. The molecule has 0 saturated carbocycles. The summed E-state index contributed by atoms with van der Waals surface area (Å²) < 4.78 is 13.2. The second-order valence-corrected chi connectivity index (χ2v) is 5.43. The summed E-state index contributed by atoms with van der Waals surface area (Å²) in [5.41, 5.74) is -0.158. The van der Waals surface area contributed by atoms with Crippen molar-refractivity contribution in [3.05, 3.63) is 18.2 Å². The lowest BCUT2D eigenvalue weighted by molar-refractivity contribution is -0.118. The van der Waals surface area contributed by atoms with Crippen LogP contribution in [0.2, 0.25) is 0 Å². The van der Waals surface area contributed by atoms with Gasteiger partial charge in [0.1, 0.15) is 11.9 Å². The smallest absolute Gasteiger partial charge is 0.137 e. The van der Waals surface area contributed by atoms with Crippen LogP contribution in [-0.4, -0.2) is 40.1 Å². The fraction of sp³-hybridized carbons (Fsp3) is 0.769. The molecular formula is C13H20N2O3. The average Bonchev–Trinajstić information content (AvgIpc) is 2.98. The van der Waals surface area contributed by atoms with Crippen LogP contribution in [0.1, 0.15) is 31.2 Å². The molecule has 2 fully saturated rings. The molecule has 0 amide bonds. The van der Waals surface area contributed by atoms with Crippen LogP contribution in [0.4, 0.5) is 0 Å². The zero-order chi connectivity index (χ0) is 12.6. The van der Waals surface area contributed by atoms with Crippen LogP contribution in [0.15, 0.2) is 12.4 Å². The van der Waals surface area contributed by atoms with Crippen molar-refractivity contribution >= 4 is 0 Å². The summed E-state index contributed by atoms with van der Waals surface area (Å²) in [6, 6.07) is 0. The second-order valence-electron chi connectivity index (χ2n) is 5.43. The Morgan fingerprint density at radius 1 is 1.56 bits per heavy atom. The summed E-state index contributed by atoms with van der Waals surface area (Å²) >= 11 is 0. The van der Waals surface area contributed by atoms with E-state index < -0.39 is 6.10 Å². The molecule has 2 aliphatic rings. The van der Waals surface area contributed by atoms with E-state index in [1.54, 1.807) is 6.20 Å². The summed E-state index contributed by atoms with van der Waals surface area (Å²) in [5.74, 6) is 0.956. The molecule has 3 rings (SSSR count). The molecular weight excluding hydrogens is 232 g/mol. The Bertz CT molecular complexity index is 412. The average molecular weight is 252 g/mol. The molecule has 5 heteroatoms. The van der Waals surface area contributed by atoms with Gasteiger partial charge in [0, 0.05) is 39.1 Å². The highest BCUT2D eigenvalue weighted by Gasteiger charge is 2.43. The van der Waals surface area contributed by atoms with Crippen LogP contribution >= 0.6 is 0 Å².